The van der Waals surface area contributed by atoms with Crippen molar-refractivity contribution in [1.29, 1.82) is 0 Å². The van der Waals surface area contributed by atoms with Crippen molar-refractivity contribution in [3.8, 4) is 10.7 Å². The largest absolute Gasteiger partial charge is 0.355 e. The van der Waals surface area contributed by atoms with Crippen LogP contribution < -0.4 is 10.6 Å². The molecule has 0 aliphatic heterocycles. The van der Waals surface area contributed by atoms with Gasteiger partial charge in [0.2, 0.25) is 17.6 Å². The first kappa shape index (κ1) is 20.9. The van der Waals surface area contributed by atoms with E-state index in [9.17, 15) is 4.79 Å². The molecule has 2 heterocycles. The van der Waals surface area contributed by atoms with Crippen molar-refractivity contribution < 1.29 is 9.32 Å². The van der Waals surface area contributed by atoms with Gasteiger partial charge in [-0.1, -0.05) is 36.9 Å². The lowest BCUT2D eigenvalue weighted by molar-refractivity contribution is -0.121. The van der Waals surface area contributed by atoms with E-state index in [1.165, 1.54) is 38.5 Å². The number of aryl methyl sites for hydroxylation is 1. The molecule has 26 heavy (non-hydrogen) atoms. The van der Waals surface area contributed by atoms with E-state index in [4.69, 9.17) is 4.52 Å². The second-order valence-corrected chi connectivity index (χ2v) is 7.43. The fourth-order valence-electron chi connectivity index (χ4n) is 3.13. The van der Waals surface area contributed by atoms with Crippen LogP contribution in [-0.4, -0.2) is 35.2 Å². The maximum Gasteiger partial charge on any atom is 0.227 e. The number of thiophene rings is 1. The molecule has 144 valence electrons. The number of rotatable bonds is 8. The Morgan fingerprint density at radius 1 is 1.23 bits per heavy atom. The van der Waals surface area contributed by atoms with Crippen LogP contribution in [0.1, 0.15) is 50.8 Å². The molecule has 0 spiro atoms. The number of aromatic nitrogens is 2. The van der Waals surface area contributed by atoms with Crippen molar-refractivity contribution in [2.45, 2.75) is 57.4 Å². The SMILES string of the molecule is Cl.O=C(CCc1nc(-c2cccs2)no1)NCCNC1CCCCCC1. The molecule has 0 aromatic carbocycles. The Bertz CT molecular complexity index is 639. The summed E-state index contributed by atoms with van der Waals surface area (Å²) in [6, 6.07) is 4.52. The Hall–Kier alpha value is -1.44. The minimum atomic E-state index is 0. The van der Waals surface area contributed by atoms with Crippen molar-refractivity contribution in [1.82, 2.24) is 20.8 Å². The summed E-state index contributed by atoms with van der Waals surface area (Å²) in [5, 5.41) is 12.4. The quantitative estimate of drug-likeness (QED) is 0.524. The van der Waals surface area contributed by atoms with Crippen LogP contribution in [0.2, 0.25) is 0 Å². The Morgan fingerprint density at radius 3 is 2.77 bits per heavy atom. The van der Waals surface area contributed by atoms with Crippen molar-refractivity contribution in [2.75, 3.05) is 13.1 Å². The fourth-order valence-corrected chi connectivity index (χ4v) is 3.78. The highest BCUT2D eigenvalue weighted by Gasteiger charge is 2.12. The van der Waals surface area contributed by atoms with E-state index in [1.54, 1.807) is 11.3 Å². The van der Waals surface area contributed by atoms with Crippen LogP contribution in [0.5, 0.6) is 0 Å². The molecule has 0 bridgehead atoms. The predicted octanol–water partition coefficient (Wildman–Crippen LogP) is 3.58. The third-order valence-electron chi connectivity index (χ3n) is 4.51. The maximum atomic E-state index is 11.9. The molecule has 2 aromatic heterocycles. The average molecular weight is 399 g/mol. The zero-order valence-corrected chi connectivity index (χ0v) is 16.5. The minimum Gasteiger partial charge on any atom is -0.355 e. The van der Waals surface area contributed by atoms with E-state index in [0.717, 1.165) is 11.4 Å². The number of hydrogen-bond donors (Lipinski definition) is 2. The Balaban J connectivity index is 0.00000243. The Labute approximate surface area is 164 Å². The summed E-state index contributed by atoms with van der Waals surface area (Å²) in [5.41, 5.74) is 0. The van der Waals surface area contributed by atoms with Crippen LogP contribution in [0.15, 0.2) is 22.0 Å². The van der Waals surface area contributed by atoms with Gasteiger partial charge >= 0.3 is 0 Å². The molecule has 0 atom stereocenters. The molecule has 8 heteroatoms. The smallest absolute Gasteiger partial charge is 0.227 e. The highest BCUT2D eigenvalue weighted by atomic mass is 35.5. The molecular weight excluding hydrogens is 372 g/mol. The normalized spacial score (nSPS) is 15.2. The standard InChI is InChI=1S/C18H26N4O2S.ClH/c23-16(20-12-11-19-14-6-3-1-2-4-7-14)9-10-17-21-18(22-24-17)15-8-5-13-25-15;/h5,8,13-14,19H,1-4,6-7,9-12H2,(H,20,23);1H. The van der Waals surface area contributed by atoms with E-state index in [0.29, 0.717) is 37.1 Å². The van der Waals surface area contributed by atoms with Crippen LogP contribution in [0, 0.1) is 0 Å². The molecular formula is C18H27ClN4O2S. The number of nitrogens with zero attached hydrogens (tertiary/aromatic N) is 2. The van der Waals surface area contributed by atoms with Crippen LogP contribution in [0.25, 0.3) is 10.7 Å². The van der Waals surface area contributed by atoms with Gasteiger partial charge in [0.15, 0.2) is 0 Å². The van der Waals surface area contributed by atoms with Crippen LogP contribution >= 0.6 is 23.7 Å². The summed E-state index contributed by atoms with van der Waals surface area (Å²) in [6.07, 6.45) is 8.73. The van der Waals surface area contributed by atoms with Gasteiger partial charge in [-0.05, 0) is 24.3 Å². The highest BCUT2D eigenvalue weighted by Crippen LogP contribution is 2.21. The van der Waals surface area contributed by atoms with Crippen LogP contribution in [0.4, 0.5) is 0 Å². The van der Waals surface area contributed by atoms with Crippen molar-refractivity contribution in [3.05, 3.63) is 23.4 Å². The summed E-state index contributed by atoms with van der Waals surface area (Å²) in [7, 11) is 0. The van der Waals surface area contributed by atoms with Gasteiger partial charge in [0.25, 0.3) is 0 Å². The van der Waals surface area contributed by atoms with Crippen molar-refractivity contribution in [2.24, 2.45) is 0 Å². The molecule has 1 amide bonds. The van der Waals surface area contributed by atoms with E-state index < -0.39 is 0 Å². The average Bonchev–Trinajstić information content (AvgIpc) is 3.24. The van der Waals surface area contributed by atoms with Crippen LogP contribution in [0.3, 0.4) is 0 Å². The zero-order chi connectivity index (χ0) is 17.3. The van der Waals surface area contributed by atoms with Gasteiger partial charge in [-0.2, -0.15) is 4.98 Å². The van der Waals surface area contributed by atoms with E-state index >= 15 is 0 Å². The Morgan fingerprint density at radius 2 is 2.04 bits per heavy atom. The molecule has 0 radical (unpaired) electrons. The lowest BCUT2D eigenvalue weighted by Gasteiger charge is -2.16. The third kappa shape index (κ3) is 6.70. The van der Waals surface area contributed by atoms with E-state index in [1.807, 2.05) is 17.5 Å². The summed E-state index contributed by atoms with van der Waals surface area (Å²) in [5.74, 6) is 1.13. The molecule has 0 unspecified atom stereocenters. The molecule has 2 N–H and O–H groups in total. The second-order valence-electron chi connectivity index (χ2n) is 6.48. The van der Waals surface area contributed by atoms with Gasteiger partial charge in [-0.25, -0.2) is 0 Å². The van der Waals surface area contributed by atoms with Crippen molar-refractivity contribution >= 4 is 29.7 Å². The van der Waals surface area contributed by atoms with Crippen LogP contribution in [-0.2, 0) is 11.2 Å². The van der Waals surface area contributed by atoms with E-state index in [2.05, 4.69) is 20.8 Å². The maximum absolute atomic E-state index is 11.9. The van der Waals surface area contributed by atoms with Gasteiger partial charge < -0.3 is 15.2 Å². The Kier molecular flexibility index (Phi) is 9.08. The monoisotopic (exact) mass is 398 g/mol. The van der Waals surface area contributed by atoms with Gasteiger partial charge in [-0.15, -0.1) is 23.7 Å². The van der Waals surface area contributed by atoms with Crippen molar-refractivity contribution in [3.63, 3.8) is 0 Å². The number of carbonyl (C=O) groups excluding carboxylic acids is 1. The topological polar surface area (TPSA) is 80.0 Å². The van der Waals surface area contributed by atoms with Gasteiger partial charge in [0.05, 0.1) is 4.88 Å². The molecule has 1 aliphatic rings. The summed E-state index contributed by atoms with van der Waals surface area (Å²) in [4.78, 5) is 17.2. The lowest BCUT2D eigenvalue weighted by Crippen LogP contribution is -2.36. The molecule has 6 nitrogen and oxygen atoms in total. The van der Waals surface area contributed by atoms with Gasteiger partial charge in [-0.3, -0.25) is 4.79 Å². The third-order valence-corrected chi connectivity index (χ3v) is 5.38. The lowest BCUT2D eigenvalue weighted by atomic mass is 10.1. The number of hydrogen-bond acceptors (Lipinski definition) is 6. The number of nitrogens with one attached hydrogen (secondary N) is 2. The summed E-state index contributed by atoms with van der Waals surface area (Å²) >= 11 is 1.57. The molecule has 1 aliphatic carbocycles. The highest BCUT2D eigenvalue weighted by molar-refractivity contribution is 7.13. The van der Waals surface area contributed by atoms with Gasteiger partial charge in [0.1, 0.15) is 0 Å². The number of amides is 1. The fraction of sp³-hybridized carbons (Fsp3) is 0.611. The first-order valence-corrected chi connectivity index (χ1v) is 10.1. The summed E-state index contributed by atoms with van der Waals surface area (Å²) < 4.78 is 5.21. The number of halogens is 1. The molecule has 1 fully saturated rings. The minimum absolute atomic E-state index is 0. The molecule has 0 saturated heterocycles. The molecule has 1 saturated carbocycles. The second kappa shape index (κ2) is 11.3. The predicted molar refractivity (Wildman–Crippen MR) is 106 cm³/mol. The first-order chi connectivity index (χ1) is 12.3. The zero-order valence-electron chi connectivity index (χ0n) is 14.9. The summed E-state index contributed by atoms with van der Waals surface area (Å²) in [6.45, 7) is 1.50. The number of carbonyl (C=O) groups is 1. The molecule has 2 aromatic rings. The molecule has 3 rings (SSSR count). The first-order valence-electron chi connectivity index (χ1n) is 9.18. The van der Waals surface area contributed by atoms with E-state index in [-0.39, 0.29) is 18.3 Å². The van der Waals surface area contributed by atoms with Gasteiger partial charge in [0, 0.05) is 32.0 Å².